The number of hydrogen-bond acceptors (Lipinski definition) is 7. The van der Waals surface area contributed by atoms with Crippen molar-refractivity contribution >= 4 is 22.5 Å². The van der Waals surface area contributed by atoms with Gasteiger partial charge in [-0.3, -0.25) is 0 Å². The Balaban J connectivity index is 1.71. The lowest BCUT2D eigenvalue weighted by molar-refractivity contribution is 0.643. The summed E-state index contributed by atoms with van der Waals surface area (Å²) in [6, 6.07) is 0. The zero-order valence-electron chi connectivity index (χ0n) is 12.0. The van der Waals surface area contributed by atoms with Gasteiger partial charge >= 0.3 is 0 Å². The summed E-state index contributed by atoms with van der Waals surface area (Å²) >= 11 is 1.48. The van der Waals surface area contributed by atoms with Crippen LogP contribution in [0.15, 0.2) is 6.33 Å². The lowest BCUT2D eigenvalue weighted by atomic mass is 10.2. The van der Waals surface area contributed by atoms with E-state index in [1.807, 2.05) is 13.8 Å². The third-order valence-corrected chi connectivity index (χ3v) is 4.54. The molecule has 2 aromatic rings. The van der Waals surface area contributed by atoms with Crippen molar-refractivity contribution in [3.63, 3.8) is 0 Å². The number of aromatic nitrogens is 4. The quantitative estimate of drug-likeness (QED) is 0.837. The third kappa shape index (κ3) is 2.45. The van der Waals surface area contributed by atoms with Crippen LogP contribution >= 0.6 is 11.5 Å². The first kappa shape index (κ1) is 13.2. The summed E-state index contributed by atoms with van der Waals surface area (Å²) in [5.41, 5.74) is 2.23. The molecule has 0 spiro atoms. The van der Waals surface area contributed by atoms with E-state index >= 15 is 0 Å². The fourth-order valence-corrected chi connectivity index (χ4v) is 3.09. The van der Waals surface area contributed by atoms with Crippen molar-refractivity contribution < 1.29 is 0 Å². The molecule has 6 nitrogen and oxygen atoms in total. The van der Waals surface area contributed by atoms with Gasteiger partial charge in [0.2, 0.25) is 5.13 Å². The summed E-state index contributed by atoms with van der Waals surface area (Å²) in [5, 5.41) is 1.03. The molecule has 1 fully saturated rings. The molecule has 2 aromatic heterocycles. The van der Waals surface area contributed by atoms with Crippen LogP contribution < -0.4 is 9.80 Å². The molecule has 3 heterocycles. The summed E-state index contributed by atoms with van der Waals surface area (Å²) < 4.78 is 4.25. The van der Waals surface area contributed by atoms with E-state index in [9.17, 15) is 0 Å². The fraction of sp³-hybridized carbons (Fsp3) is 0.538. The minimum Gasteiger partial charge on any atom is -0.353 e. The Labute approximate surface area is 122 Å². The van der Waals surface area contributed by atoms with Crippen molar-refractivity contribution in [1.29, 1.82) is 0 Å². The molecule has 3 rings (SSSR count). The fourth-order valence-electron chi connectivity index (χ4n) is 2.37. The highest BCUT2D eigenvalue weighted by molar-refractivity contribution is 7.09. The smallest absolute Gasteiger partial charge is 0.205 e. The minimum absolute atomic E-state index is 0.856. The van der Waals surface area contributed by atoms with Crippen molar-refractivity contribution in [2.45, 2.75) is 20.8 Å². The van der Waals surface area contributed by atoms with Crippen molar-refractivity contribution in [3.8, 4) is 0 Å². The zero-order chi connectivity index (χ0) is 14.1. The topological polar surface area (TPSA) is 58.0 Å². The van der Waals surface area contributed by atoms with Crippen LogP contribution in [0.4, 0.5) is 10.9 Å². The predicted molar refractivity (Wildman–Crippen MR) is 80.6 cm³/mol. The molecule has 1 saturated heterocycles. The van der Waals surface area contributed by atoms with Crippen molar-refractivity contribution in [1.82, 2.24) is 19.3 Å². The molecule has 7 heteroatoms. The van der Waals surface area contributed by atoms with Crippen LogP contribution in [0.2, 0.25) is 0 Å². The van der Waals surface area contributed by atoms with Crippen LogP contribution in [0.3, 0.4) is 0 Å². The van der Waals surface area contributed by atoms with Gasteiger partial charge < -0.3 is 9.80 Å². The Kier molecular flexibility index (Phi) is 3.52. The van der Waals surface area contributed by atoms with Crippen LogP contribution in [0.1, 0.15) is 17.1 Å². The number of hydrogen-bond donors (Lipinski definition) is 0. The van der Waals surface area contributed by atoms with E-state index in [1.54, 1.807) is 6.33 Å². The highest BCUT2D eigenvalue weighted by Crippen LogP contribution is 2.23. The number of aryl methyl sites for hydroxylation is 2. The van der Waals surface area contributed by atoms with Crippen molar-refractivity contribution in [3.05, 3.63) is 23.4 Å². The SMILES string of the molecule is Cc1nsc(N2CCN(c3ncnc(C)c3C)CC2)n1. The van der Waals surface area contributed by atoms with E-state index in [2.05, 4.69) is 36.0 Å². The summed E-state index contributed by atoms with van der Waals surface area (Å²) in [6.07, 6.45) is 1.65. The summed E-state index contributed by atoms with van der Waals surface area (Å²) in [6.45, 7) is 9.87. The number of nitrogens with zero attached hydrogens (tertiary/aromatic N) is 6. The Morgan fingerprint density at radius 1 is 1.00 bits per heavy atom. The second kappa shape index (κ2) is 5.32. The van der Waals surface area contributed by atoms with Crippen LogP contribution in [0.25, 0.3) is 0 Å². The van der Waals surface area contributed by atoms with Crippen LogP contribution in [0.5, 0.6) is 0 Å². The predicted octanol–water partition coefficient (Wildman–Crippen LogP) is 1.58. The highest BCUT2D eigenvalue weighted by Gasteiger charge is 2.22. The first-order chi connectivity index (χ1) is 9.65. The summed E-state index contributed by atoms with van der Waals surface area (Å²) in [7, 11) is 0. The molecule has 106 valence electrons. The molecule has 0 unspecified atom stereocenters. The summed E-state index contributed by atoms with van der Waals surface area (Å²) in [5.74, 6) is 1.92. The molecule has 0 bridgehead atoms. The van der Waals surface area contributed by atoms with Crippen molar-refractivity contribution in [2.24, 2.45) is 0 Å². The zero-order valence-corrected chi connectivity index (χ0v) is 12.8. The van der Waals surface area contributed by atoms with Crippen molar-refractivity contribution in [2.75, 3.05) is 36.0 Å². The van der Waals surface area contributed by atoms with E-state index < -0.39 is 0 Å². The second-order valence-electron chi connectivity index (χ2n) is 5.01. The summed E-state index contributed by atoms with van der Waals surface area (Å²) in [4.78, 5) is 17.7. The van der Waals surface area contributed by atoms with Gasteiger partial charge in [0, 0.05) is 49.0 Å². The van der Waals surface area contributed by atoms with Gasteiger partial charge in [-0.2, -0.15) is 4.37 Å². The maximum Gasteiger partial charge on any atom is 0.205 e. The average molecular weight is 290 g/mol. The lowest BCUT2D eigenvalue weighted by Gasteiger charge is -2.35. The first-order valence-electron chi connectivity index (χ1n) is 6.73. The lowest BCUT2D eigenvalue weighted by Crippen LogP contribution is -2.47. The van der Waals surface area contributed by atoms with Gasteiger partial charge in [-0.1, -0.05) is 0 Å². The van der Waals surface area contributed by atoms with E-state index in [4.69, 9.17) is 0 Å². The van der Waals surface area contributed by atoms with E-state index in [-0.39, 0.29) is 0 Å². The van der Waals surface area contributed by atoms with Gasteiger partial charge in [-0.05, 0) is 20.8 Å². The van der Waals surface area contributed by atoms with Gasteiger partial charge in [0.1, 0.15) is 18.0 Å². The molecule has 0 aliphatic carbocycles. The molecule has 1 aliphatic rings. The number of piperazine rings is 1. The number of rotatable bonds is 2. The molecular weight excluding hydrogens is 272 g/mol. The maximum absolute atomic E-state index is 4.45. The van der Waals surface area contributed by atoms with Gasteiger partial charge in [0.05, 0.1) is 0 Å². The van der Waals surface area contributed by atoms with E-state index in [1.165, 1.54) is 17.1 Å². The standard InChI is InChI=1S/C13H18N6S/c1-9-10(2)14-8-15-12(9)18-4-6-19(7-5-18)13-16-11(3)17-20-13/h8H,4-7H2,1-3H3. The minimum atomic E-state index is 0.856. The molecule has 0 N–H and O–H groups in total. The Hall–Kier alpha value is -1.76. The molecule has 0 amide bonds. The van der Waals surface area contributed by atoms with Crippen LogP contribution in [-0.4, -0.2) is 45.5 Å². The van der Waals surface area contributed by atoms with Gasteiger partial charge in [0.25, 0.3) is 0 Å². The Morgan fingerprint density at radius 3 is 2.35 bits per heavy atom. The molecular formula is C13H18N6S. The van der Waals surface area contributed by atoms with Gasteiger partial charge in [-0.15, -0.1) is 0 Å². The maximum atomic E-state index is 4.45. The number of anilines is 2. The molecule has 0 radical (unpaired) electrons. The second-order valence-corrected chi connectivity index (χ2v) is 5.74. The van der Waals surface area contributed by atoms with E-state index in [0.29, 0.717) is 0 Å². The molecule has 1 aliphatic heterocycles. The molecule has 0 atom stereocenters. The highest BCUT2D eigenvalue weighted by atomic mass is 32.1. The molecule has 20 heavy (non-hydrogen) atoms. The van der Waals surface area contributed by atoms with Crippen LogP contribution in [0, 0.1) is 20.8 Å². The molecule has 0 aromatic carbocycles. The largest absolute Gasteiger partial charge is 0.353 e. The van der Waals surface area contributed by atoms with Gasteiger partial charge in [-0.25, -0.2) is 15.0 Å². The van der Waals surface area contributed by atoms with Crippen LogP contribution in [-0.2, 0) is 0 Å². The van der Waals surface area contributed by atoms with E-state index in [0.717, 1.165) is 48.6 Å². The molecule has 0 saturated carbocycles. The average Bonchev–Trinajstić information content (AvgIpc) is 2.89. The Morgan fingerprint density at radius 2 is 1.70 bits per heavy atom. The Bertz CT molecular complexity index is 603. The van der Waals surface area contributed by atoms with Gasteiger partial charge in [0.15, 0.2) is 0 Å². The first-order valence-corrected chi connectivity index (χ1v) is 7.51. The normalized spacial score (nSPS) is 15.8. The monoisotopic (exact) mass is 290 g/mol. The third-order valence-electron chi connectivity index (χ3n) is 3.68.